The lowest BCUT2D eigenvalue weighted by molar-refractivity contribution is 0.248. The van der Waals surface area contributed by atoms with Crippen molar-refractivity contribution in [1.82, 2.24) is 14.9 Å². The molecule has 0 aliphatic heterocycles. The zero-order valence-corrected chi connectivity index (χ0v) is 13.8. The molecule has 5 nitrogen and oxygen atoms in total. The van der Waals surface area contributed by atoms with Crippen LogP contribution in [0, 0.1) is 0 Å². The highest BCUT2D eigenvalue weighted by Gasteiger charge is 2.29. The van der Waals surface area contributed by atoms with E-state index in [0.29, 0.717) is 24.0 Å². The first-order chi connectivity index (χ1) is 9.94. The average molecular weight is 311 g/mol. The van der Waals surface area contributed by atoms with Gasteiger partial charge in [-0.05, 0) is 51.6 Å². The number of hydrogen-bond donors (Lipinski definition) is 2. The van der Waals surface area contributed by atoms with Crippen molar-refractivity contribution >= 4 is 10.0 Å². The number of hydrogen-bond acceptors (Lipinski definition) is 4. The Labute approximate surface area is 127 Å². The highest BCUT2D eigenvalue weighted by Crippen LogP contribution is 2.26. The van der Waals surface area contributed by atoms with Gasteiger partial charge in [0.2, 0.25) is 10.0 Å². The Morgan fingerprint density at radius 3 is 2.71 bits per heavy atom. The van der Waals surface area contributed by atoms with Crippen molar-refractivity contribution in [3.8, 4) is 0 Å². The maximum atomic E-state index is 12.4. The van der Waals surface area contributed by atoms with E-state index in [1.807, 2.05) is 13.1 Å². The van der Waals surface area contributed by atoms with Gasteiger partial charge in [-0.2, -0.15) is 0 Å². The Hall–Kier alpha value is -0.950. The Balaban J connectivity index is 1.98. The summed E-state index contributed by atoms with van der Waals surface area (Å²) in [5.74, 6) is 0. The van der Waals surface area contributed by atoms with Gasteiger partial charge in [0.25, 0.3) is 0 Å². The molecule has 0 amide bonds. The molecule has 0 saturated heterocycles. The first kappa shape index (κ1) is 16.4. The Morgan fingerprint density at radius 2 is 2.10 bits per heavy atom. The van der Waals surface area contributed by atoms with Gasteiger partial charge >= 0.3 is 0 Å². The van der Waals surface area contributed by atoms with Gasteiger partial charge in [-0.25, -0.2) is 13.1 Å². The van der Waals surface area contributed by atoms with E-state index in [1.165, 1.54) is 12.8 Å². The van der Waals surface area contributed by atoms with Gasteiger partial charge in [0.15, 0.2) is 0 Å². The molecule has 0 aromatic heterocycles. The van der Waals surface area contributed by atoms with E-state index in [-0.39, 0.29) is 6.04 Å². The molecule has 118 valence electrons. The van der Waals surface area contributed by atoms with E-state index >= 15 is 0 Å². The molecule has 0 heterocycles. The molecular weight excluding hydrogens is 286 g/mol. The largest absolute Gasteiger partial charge is 0.316 e. The second-order valence-corrected chi connectivity index (χ2v) is 7.54. The van der Waals surface area contributed by atoms with E-state index in [9.17, 15) is 8.42 Å². The molecule has 2 N–H and O–H groups in total. The average Bonchev–Trinajstić information content (AvgIpc) is 3.29. The van der Waals surface area contributed by atoms with Gasteiger partial charge in [0, 0.05) is 25.2 Å². The second-order valence-electron chi connectivity index (χ2n) is 5.78. The Kier molecular flexibility index (Phi) is 5.37. The summed E-state index contributed by atoms with van der Waals surface area (Å²) in [5, 5.41) is 3.03. The monoisotopic (exact) mass is 311 g/mol. The highest BCUT2D eigenvalue weighted by atomic mass is 32.2. The molecule has 1 aromatic carbocycles. The predicted octanol–water partition coefficient (Wildman–Crippen LogP) is 1.17. The van der Waals surface area contributed by atoms with Crippen molar-refractivity contribution in [2.75, 3.05) is 20.6 Å². The van der Waals surface area contributed by atoms with Crippen molar-refractivity contribution in [1.29, 1.82) is 0 Å². The third-order valence-corrected chi connectivity index (χ3v) is 5.40. The van der Waals surface area contributed by atoms with Crippen LogP contribution in [0.15, 0.2) is 29.2 Å². The first-order valence-corrected chi connectivity index (χ1v) is 8.87. The number of likely N-dealkylation sites (N-methyl/N-ethyl adjacent to an activating group) is 1. The smallest absolute Gasteiger partial charge is 0.240 e. The minimum Gasteiger partial charge on any atom is -0.316 e. The number of nitrogens with zero attached hydrogens (tertiary/aromatic N) is 1. The third-order valence-electron chi connectivity index (χ3n) is 3.98. The second kappa shape index (κ2) is 6.87. The minimum absolute atomic E-state index is 0.202. The van der Waals surface area contributed by atoms with Crippen LogP contribution in [-0.2, 0) is 16.6 Å². The van der Waals surface area contributed by atoms with Crippen LogP contribution in [0.5, 0.6) is 0 Å². The number of sulfonamides is 1. The van der Waals surface area contributed by atoms with Gasteiger partial charge in [-0.1, -0.05) is 12.1 Å². The normalized spacial score (nSPS) is 17.1. The SMILES string of the molecule is CNCc1cccc(S(=O)(=O)NCC(C)N(C)C2CC2)c1. The van der Waals surface area contributed by atoms with Crippen LogP contribution in [-0.4, -0.2) is 46.0 Å². The molecule has 21 heavy (non-hydrogen) atoms. The van der Waals surface area contributed by atoms with Crippen molar-refractivity contribution in [2.45, 2.75) is 43.3 Å². The van der Waals surface area contributed by atoms with E-state index in [1.54, 1.807) is 18.2 Å². The molecule has 1 atom stereocenters. The molecule has 2 rings (SSSR count). The first-order valence-electron chi connectivity index (χ1n) is 7.39. The third kappa shape index (κ3) is 4.51. The van der Waals surface area contributed by atoms with Crippen molar-refractivity contribution in [3.63, 3.8) is 0 Å². The fourth-order valence-electron chi connectivity index (χ4n) is 2.33. The molecule has 6 heteroatoms. The molecule has 1 fully saturated rings. The van der Waals surface area contributed by atoms with E-state index in [0.717, 1.165) is 5.56 Å². The molecule has 1 unspecified atom stereocenters. The standard InChI is InChI=1S/C15H25N3O2S/c1-12(18(3)14-7-8-14)10-17-21(19,20)15-6-4-5-13(9-15)11-16-2/h4-6,9,12,14,16-17H,7-8,10-11H2,1-3H3. The van der Waals surface area contributed by atoms with Gasteiger partial charge < -0.3 is 5.32 Å². The number of nitrogens with one attached hydrogen (secondary N) is 2. The summed E-state index contributed by atoms with van der Waals surface area (Å²) >= 11 is 0. The van der Waals surface area contributed by atoms with E-state index in [4.69, 9.17) is 0 Å². The zero-order chi connectivity index (χ0) is 15.5. The predicted molar refractivity (Wildman–Crippen MR) is 84.6 cm³/mol. The zero-order valence-electron chi connectivity index (χ0n) is 13.0. The van der Waals surface area contributed by atoms with E-state index in [2.05, 4.69) is 28.9 Å². The van der Waals surface area contributed by atoms with Crippen LogP contribution in [0.2, 0.25) is 0 Å². The van der Waals surface area contributed by atoms with Crippen molar-refractivity contribution in [3.05, 3.63) is 29.8 Å². The Morgan fingerprint density at radius 1 is 1.38 bits per heavy atom. The van der Waals surface area contributed by atoms with Crippen LogP contribution in [0.25, 0.3) is 0 Å². The molecule has 1 aromatic rings. The summed E-state index contributed by atoms with van der Waals surface area (Å²) in [6.45, 7) is 3.15. The quantitative estimate of drug-likeness (QED) is 0.756. The van der Waals surface area contributed by atoms with Crippen LogP contribution in [0.3, 0.4) is 0 Å². The summed E-state index contributed by atoms with van der Waals surface area (Å²) in [5.41, 5.74) is 0.962. The van der Waals surface area contributed by atoms with Crippen molar-refractivity contribution in [2.24, 2.45) is 0 Å². The summed E-state index contributed by atoms with van der Waals surface area (Å²) in [7, 11) is 0.462. The fourth-order valence-corrected chi connectivity index (χ4v) is 3.52. The highest BCUT2D eigenvalue weighted by molar-refractivity contribution is 7.89. The summed E-state index contributed by atoms with van der Waals surface area (Å²) < 4.78 is 27.4. The van der Waals surface area contributed by atoms with Gasteiger partial charge in [-0.15, -0.1) is 0 Å². The molecular formula is C15H25N3O2S. The lowest BCUT2D eigenvalue weighted by Gasteiger charge is -2.24. The van der Waals surface area contributed by atoms with Crippen LogP contribution in [0.4, 0.5) is 0 Å². The van der Waals surface area contributed by atoms with Gasteiger partial charge in [0.05, 0.1) is 4.90 Å². The van der Waals surface area contributed by atoms with Crippen LogP contribution < -0.4 is 10.0 Å². The lowest BCUT2D eigenvalue weighted by atomic mass is 10.2. The molecule has 1 aliphatic carbocycles. The Bertz CT molecular complexity index is 570. The topological polar surface area (TPSA) is 61.4 Å². The number of rotatable bonds is 8. The summed E-state index contributed by atoms with van der Waals surface area (Å²) in [4.78, 5) is 2.58. The molecule has 1 aliphatic rings. The summed E-state index contributed by atoms with van der Waals surface area (Å²) in [6.07, 6.45) is 2.44. The van der Waals surface area contributed by atoms with Crippen LogP contribution in [0.1, 0.15) is 25.3 Å². The van der Waals surface area contributed by atoms with Gasteiger partial charge in [-0.3, -0.25) is 4.90 Å². The summed E-state index contributed by atoms with van der Waals surface area (Å²) in [6, 6.07) is 7.88. The fraction of sp³-hybridized carbons (Fsp3) is 0.600. The van der Waals surface area contributed by atoms with E-state index < -0.39 is 10.0 Å². The molecule has 0 spiro atoms. The van der Waals surface area contributed by atoms with Crippen LogP contribution >= 0.6 is 0 Å². The molecule has 1 saturated carbocycles. The van der Waals surface area contributed by atoms with Crippen molar-refractivity contribution < 1.29 is 8.42 Å². The molecule has 0 radical (unpaired) electrons. The number of benzene rings is 1. The maximum Gasteiger partial charge on any atom is 0.240 e. The maximum absolute atomic E-state index is 12.4. The lowest BCUT2D eigenvalue weighted by Crippen LogP contribution is -2.41. The van der Waals surface area contributed by atoms with Gasteiger partial charge in [0.1, 0.15) is 0 Å². The molecule has 0 bridgehead atoms. The minimum atomic E-state index is -3.44.